The molecule has 0 saturated carbocycles. The van der Waals surface area contributed by atoms with E-state index < -0.39 is 11.4 Å². The van der Waals surface area contributed by atoms with Gasteiger partial charge in [0.15, 0.2) is 0 Å². The SMILES string of the molecule is CCOc1ccccc1N1CCC(C)(C(=O)O)CC1. The van der Waals surface area contributed by atoms with E-state index in [9.17, 15) is 9.90 Å². The van der Waals surface area contributed by atoms with E-state index in [2.05, 4.69) is 4.90 Å². The van der Waals surface area contributed by atoms with Gasteiger partial charge in [-0.25, -0.2) is 0 Å². The van der Waals surface area contributed by atoms with Gasteiger partial charge in [-0.15, -0.1) is 0 Å². The van der Waals surface area contributed by atoms with E-state index in [-0.39, 0.29) is 0 Å². The number of carboxylic acid groups (broad SMARTS) is 1. The van der Waals surface area contributed by atoms with Crippen LogP contribution in [-0.4, -0.2) is 30.8 Å². The molecule has 1 heterocycles. The van der Waals surface area contributed by atoms with Crippen LogP contribution < -0.4 is 9.64 Å². The zero-order chi connectivity index (χ0) is 13.9. The van der Waals surface area contributed by atoms with E-state index in [4.69, 9.17) is 4.74 Å². The Balaban J connectivity index is 2.11. The Morgan fingerprint density at radius 2 is 2.00 bits per heavy atom. The Bertz CT molecular complexity index is 450. The molecule has 0 radical (unpaired) electrons. The number of ether oxygens (including phenoxy) is 1. The number of carboxylic acids is 1. The number of carbonyl (C=O) groups is 1. The molecule has 2 rings (SSSR count). The second kappa shape index (κ2) is 5.51. The van der Waals surface area contributed by atoms with Crippen molar-refractivity contribution >= 4 is 11.7 Å². The van der Waals surface area contributed by atoms with Crippen LogP contribution in [0.2, 0.25) is 0 Å². The van der Waals surface area contributed by atoms with Crippen molar-refractivity contribution in [3.05, 3.63) is 24.3 Å². The number of anilines is 1. The monoisotopic (exact) mass is 263 g/mol. The zero-order valence-corrected chi connectivity index (χ0v) is 11.6. The van der Waals surface area contributed by atoms with Gasteiger partial charge in [0.05, 0.1) is 17.7 Å². The molecule has 0 unspecified atom stereocenters. The number of nitrogens with zero attached hydrogens (tertiary/aromatic N) is 1. The van der Waals surface area contributed by atoms with E-state index in [1.807, 2.05) is 38.1 Å². The molecule has 0 bridgehead atoms. The number of piperidine rings is 1. The van der Waals surface area contributed by atoms with E-state index in [0.717, 1.165) is 24.5 Å². The van der Waals surface area contributed by atoms with Crippen molar-refractivity contribution in [2.24, 2.45) is 5.41 Å². The molecule has 0 aliphatic carbocycles. The molecule has 0 aromatic heterocycles. The molecule has 1 saturated heterocycles. The largest absolute Gasteiger partial charge is 0.492 e. The zero-order valence-electron chi connectivity index (χ0n) is 11.6. The standard InChI is InChI=1S/C15H21NO3/c1-3-19-13-7-5-4-6-12(13)16-10-8-15(2,9-11-16)14(17)18/h4-7H,3,8-11H2,1-2H3,(H,17,18). The highest BCUT2D eigenvalue weighted by Gasteiger charge is 2.37. The predicted molar refractivity (Wildman–Crippen MR) is 74.8 cm³/mol. The van der Waals surface area contributed by atoms with Gasteiger partial charge < -0.3 is 14.7 Å². The summed E-state index contributed by atoms with van der Waals surface area (Å²) in [6.07, 6.45) is 1.34. The first-order valence-electron chi connectivity index (χ1n) is 6.77. The van der Waals surface area contributed by atoms with Crippen LogP contribution in [0, 0.1) is 5.41 Å². The molecule has 1 fully saturated rings. The average molecular weight is 263 g/mol. The highest BCUT2D eigenvalue weighted by molar-refractivity contribution is 5.74. The molecule has 4 nitrogen and oxygen atoms in total. The molecule has 0 atom stereocenters. The van der Waals surface area contributed by atoms with Crippen LogP contribution in [0.3, 0.4) is 0 Å². The minimum Gasteiger partial charge on any atom is -0.492 e. The maximum absolute atomic E-state index is 11.2. The first kappa shape index (κ1) is 13.7. The lowest BCUT2D eigenvalue weighted by molar-refractivity contribution is -0.149. The second-order valence-electron chi connectivity index (χ2n) is 5.25. The molecule has 104 valence electrons. The molecule has 1 aliphatic heterocycles. The molecule has 1 N–H and O–H groups in total. The molecule has 1 aliphatic rings. The van der Waals surface area contributed by atoms with Gasteiger partial charge in [0.1, 0.15) is 5.75 Å². The summed E-state index contributed by atoms with van der Waals surface area (Å²) < 4.78 is 5.63. The van der Waals surface area contributed by atoms with Crippen LogP contribution in [0.1, 0.15) is 26.7 Å². The van der Waals surface area contributed by atoms with Gasteiger partial charge in [0, 0.05) is 13.1 Å². The number of hydrogen-bond donors (Lipinski definition) is 1. The third kappa shape index (κ3) is 2.83. The van der Waals surface area contributed by atoms with Gasteiger partial charge in [-0.3, -0.25) is 4.79 Å². The van der Waals surface area contributed by atoms with Crippen LogP contribution >= 0.6 is 0 Å². The Labute approximate surface area is 114 Å². The first-order valence-corrected chi connectivity index (χ1v) is 6.77. The summed E-state index contributed by atoms with van der Waals surface area (Å²) in [6, 6.07) is 7.95. The summed E-state index contributed by atoms with van der Waals surface area (Å²) in [6.45, 7) is 5.95. The van der Waals surface area contributed by atoms with Crippen molar-refractivity contribution in [1.82, 2.24) is 0 Å². The highest BCUT2D eigenvalue weighted by atomic mass is 16.5. The molecular formula is C15H21NO3. The van der Waals surface area contributed by atoms with Crippen molar-refractivity contribution in [2.45, 2.75) is 26.7 Å². The van der Waals surface area contributed by atoms with Gasteiger partial charge in [-0.1, -0.05) is 12.1 Å². The van der Waals surface area contributed by atoms with Crippen molar-refractivity contribution in [3.8, 4) is 5.75 Å². The predicted octanol–water partition coefficient (Wildman–Crippen LogP) is 2.78. The number of hydrogen-bond acceptors (Lipinski definition) is 3. The van der Waals surface area contributed by atoms with Crippen molar-refractivity contribution in [3.63, 3.8) is 0 Å². The summed E-state index contributed by atoms with van der Waals surface area (Å²) in [5.74, 6) is 0.189. The van der Waals surface area contributed by atoms with Gasteiger partial charge in [-0.2, -0.15) is 0 Å². The molecule has 19 heavy (non-hydrogen) atoms. The highest BCUT2D eigenvalue weighted by Crippen LogP contribution is 2.36. The normalized spacial score (nSPS) is 18.1. The number of rotatable bonds is 4. The van der Waals surface area contributed by atoms with E-state index in [0.29, 0.717) is 19.4 Å². The summed E-state index contributed by atoms with van der Waals surface area (Å²) >= 11 is 0. The summed E-state index contributed by atoms with van der Waals surface area (Å²) in [5, 5.41) is 9.25. The maximum Gasteiger partial charge on any atom is 0.309 e. The lowest BCUT2D eigenvalue weighted by Crippen LogP contribution is -2.42. The topological polar surface area (TPSA) is 49.8 Å². The van der Waals surface area contributed by atoms with Crippen molar-refractivity contribution in [1.29, 1.82) is 0 Å². The number of aliphatic carboxylic acids is 1. The minimum absolute atomic E-state index is 0.586. The minimum atomic E-state index is -0.690. The summed E-state index contributed by atoms with van der Waals surface area (Å²) in [7, 11) is 0. The maximum atomic E-state index is 11.2. The summed E-state index contributed by atoms with van der Waals surface area (Å²) in [4.78, 5) is 13.5. The van der Waals surface area contributed by atoms with Crippen LogP contribution in [0.15, 0.2) is 24.3 Å². The smallest absolute Gasteiger partial charge is 0.309 e. The summed E-state index contributed by atoms with van der Waals surface area (Å²) in [5.41, 5.74) is 0.480. The average Bonchev–Trinajstić information content (AvgIpc) is 2.41. The second-order valence-corrected chi connectivity index (χ2v) is 5.25. The molecule has 4 heteroatoms. The third-order valence-electron chi connectivity index (χ3n) is 3.89. The Kier molecular flexibility index (Phi) is 3.98. The molecule has 0 spiro atoms. The lowest BCUT2D eigenvalue weighted by atomic mass is 9.80. The molecular weight excluding hydrogens is 242 g/mol. The van der Waals surface area contributed by atoms with Crippen LogP contribution in [0.4, 0.5) is 5.69 Å². The van der Waals surface area contributed by atoms with Crippen LogP contribution in [0.5, 0.6) is 5.75 Å². The Morgan fingerprint density at radius 3 is 2.58 bits per heavy atom. The van der Waals surface area contributed by atoms with Crippen LogP contribution in [0.25, 0.3) is 0 Å². The Hall–Kier alpha value is -1.71. The quantitative estimate of drug-likeness (QED) is 0.907. The fourth-order valence-corrected chi connectivity index (χ4v) is 2.45. The van der Waals surface area contributed by atoms with Crippen LogP contribution in [-0.2, 0) is 4.79 Å². The van der Waals surface area contributed by atoms with E-state index >= 15 is 0 Å². The van der Waals surface area contributed by atoms with Gasteiger partial charge >= 0.3 is 5.97 Å². The van der Waals surface area contributed by atoms with Crippen molar-refractivity contribution in [2.75, 3.05) is 24.6 Å². The van der Waals surface area contributed by atoms with Gasteiger partial charge in [-0.05, 0) is 38.8 Å². The van der Waals surface area contributed by atoms with Gasteiger partial charge in [0.25, 0.3) is 0 Å². The van der Waals surface area contributed by atoms with E-state index in [1.54, 1.807) is 0 Å². The molecule has 0 amide bonds. The van der Waals surface area contributed by atoms with E-state index in [1.165, 1.54) is 0 Å². The van der Waals surface area contributed by atoms with Crippen molar-refractivity contribution < 1.29 is 14.6 Å². The molecule has 1 aromatic carbocycles. The lowest BCUT2D eigenvalue weighted by Gasteiger charge is -2.38. The fourth-order valence-electron chi connectivity index (χ4n) is 2.45. The number of benzene rings is 1. The number of para-hydroxylation sites is 2. The Morgan fingerprint density at radius 1 is 1.37 bits per heavy atom. The van der Waals surface area contributed by atoms with Gasteiger partial charge in [0.2, 0.25) is 0 Å². The third-order valence-corrected chi connectivity index (χ3v) is 3.89. The fraction of sp³-hybridized carbons (Fsp3) is 0.533. The molecule has 1 aromatic rings. The first-order chi connectivity index (χ1) is 9.07.